The van der Waals surface area contributed by atoms with Gasteiger partial charge in [-0.25, -0.2) is 0 Å². The second-order valence-corrected chi connectivity index (χ2v) is 3.97. The van der Waals surface area contributed by atoms with Crippen molar-refractivity contribution in [1.82, 2.24) is 4.98 Å². The zero-order valence-electron chi connectivity index (χ0n) is 7.96. The molecule has 0 aliphatic heterocycles. The third-order valence-corrected chi connectivity index (χ3v) is 2.28. The first-order chi connectivity index (χ1) is 6.09. The quantitative estimate of drug-likeness (QED) is 0.684. The SMILES string of the molecule is CC(C)(N)c1c[nH]c2ccccc12. The van der Waals surface area contributed by atoms with Gasteiger partial charge in [-0.15, -0.1) is 0 Å². The molecule has 2 rings (SSSR count). The van der Waals surface area contributed by atoms with Crippen LogP contribution < -0.4 is 5.73 Å². The van der Waals surface area contributed by atoms with Crippen LogP contribution in [0.3, 0.4) is 0 Å². The zero-order valence-corrected chi connectivity index (χ0v) is 7.96. The number of hydrogen-bond acceptors (Lipinski definition) is 1. The fourth-order valence-electron chi connectivity index (χ4n) is 1.60. The van der Waals surface area contributed by atoms with Gasteiger partial charge >= 0.3 is 0 Å². The molecule has 0 aliphatic rings. The van der Waals surface area contributed by atoms with E-state index in [4.69, 9.17) is 5.73 Å². The Morgan fingerprint density at radius 2 is 1.92 bits per heavy atom. The predicted molar refractivity (Wildman–Crippen MR) is 55.5 cm³/mol. The van der Waals surface area contributed by atoms with Gasteiger partial charge in [-0.3, -0.25) is 0 Å². The van der Waals surface area contributed by atoms with Crippen LogP contribution in [0.2, 0.25) is 0 Å². The van der Waals surface area contributed by atoms with Gasteiger partial charge in [-0.05, 0) is 25.5 Å². The lowest BCUT2D eigenvalue weighted by Crippen LogP contribution is -2.28. The van der Waals surface area contributed by atoms with E-state index in [1.807, 2.05) is 32.2 Å². The molecule has 68 valence electrons. The van der Waals surface area contributed by atoms with E-state index in [0.717, 1.165) is 5.52 Å². The number of aromatic nitrogens is 1. The summed E-state index contributed by atoms with van der Waals surface area (Å²) >= 11 is 0. The molecule has 0 fully saturated rings. The van der Waals surface area contributed by atoms with Crippen LogP contribution >= 0.6 is 0 Å². The summed E-state index contributed by atoms with van der Waals surface area (Å²) in [6, 6.07) is 8.21. The summed E-state index contributed by atoms with van der Waals surface area (Å²) in [5.41, 5.74) is 8.09. The molecule has 0 saturated carbocycles. The average molecular weight is 174 g/mol. The van der Waals surface area contributed by atoms with Crippen molar-refractivity contribution in [3.8, 4) is 0 Å². The van der Waals surface area contributed by atoms with Gasteiger partial charge < -0.3 is 10.7 Å². The standard InChI is InChI=1S/C11H14N2/c1-11(2,12)9-7-13-10-6-4-3-5-8(9)10/h3-7,13H,12H2,1-2H3. The number of fused-ring (bicyclic) bond motifs is 1. The summed E-state index contributed by atoms with van der Waals surface area (Å²) in [4.78, 5) is 3.21. The lowest BCUT2D eigenvalue weighted by Gasteiger charge is -2.17. The Morgan fingerprint density at radius 3 is 2.62 bits per heavy atom. The van der Waals surface area contributed by atoms with Crippen molar-refractivity contribution in [1.29, 1.82) is 0 Å². The van der Waals surface area contributed by atoms with E-state index < -0.39 is 0 Å². The van der Waals surface area contributed by atoms with Crippen molar-refractivity contribution in [2.75, 3.05) is 0 Å². The Labute approximate surface area is 77.8 Å². The van der Waals surface area contributed by atoms with E-state index >= 15 is 0 Å². The summed E-state index contributed by atoms with van der Waals surface area (Å²) in [5, 5.41) is 1.22. The van der Waals surface area contributed by atoms with Crippen LogP contribution in [0.25, 0.3) is 10.9 Å². The van der Waals surface area contributed by atoms with Crippen LogP contribution in [0.5, 0.6) is 0 Å². The topological polar surface area (TPSA) is 41.8 Å². The molecule has 2 nitrogen and oxygen atoms in total. The normalized spacial score (nSPS) is 12.2. The maximum absolute atomic E-state index is 6.05. The van der Waals surface area contributed by atoms with Crippen LogP contribution in [0, 0.1) is 0 Å². The fraction of sp³-hybridized carbons (Fsp3) is 0.273. The summed E-state index contributed by atoms with van der Waals surface area (Å²) < 4.78 is 0. The van der Waals surface area contributed by atoms with E-state index in [2.05, 4.69) is 17.1 Å². The zero-order chi connectivity index (χ0) is 9.47. The smallest absolute Gasteiger partial charge is 0.0457 e. The summed E-state index contributed by atoms with van der Waals surface area (Å²) in [6.07, 6.45) is 1.99. The lowest BCUT2D eigenvalue weighted by molar-refractivity contribution is 0.559. The van der Waals surface area contributed by atoms with E-state index in [1.54, 1.807) is 0 Å². The van der Waals surface area contributed by atoms with Gasteiger partial charge in [0.25, 0.3) is 0 Å². The molecule has 2 heteroatoms. The molecule has 0 amide bonds. The molecule has 0 bridgehead atoms. The number of para-hydroxylation sites is 1. The summed E-state index contributed by atoms with van der Waals surface area (Å²) in [7, 11) is 0. The predicted octanol–water partition coefficient (Wildman–Crippen LogP) is 2.36. The van der Waals surface area contributed by atoms with Crippen molar-refractivity contribution in [3.63, 3.8) is 0 Å². The van der Waals surface area contributed by atoms with Crippen LogP contribution in [0.15, 0.2) is 30.5 Å². The van der Waals surface area contributed by atoms with Crippen molar-refractivity contribution >= 4 is 10.9 Å². The van der Waals surface area contributed by atoms with Crippen molar-refractivity contribution < 1.29 is 0 Å². The van der Waals surface area contributed by atoms with E-state index in [1.165, 1.54) is 10.9 Å². The number of aromatic amines is 1. The molecule has 3 N–H and O–H groups in total. The first-order valence-electron chi connectivity index (χ1n) is 4.44. The molecule has 0 aliphatic carbocycles. The molecule has 0 unspecified atom stereocenters. The summed E-state index contributed by atoms with van der Waals surface area (Å²) in [5.74, 6) is 0. The minimum atomic E-state index is -0.278. The van der Waals surface area contributed by atoms with Gasteiger partial charge in [-0.2, -0.15) is 0 Å². The second kappa shape index (κ2) is 2.60. The maximum atomic E-state index is 6.05. The van der Waals surface area contributed by atoms with Crippen LogP contribution in [-0.2, 0) is 5.54 Å². The molecule has 1 aromatic heterocycles. The van der Waals surface area contributed by atoms with Crippen LogP contribution in [0.4, 0.5) is 0 Å². The van der Waals surface area contributed by atoms with E-state index in [9.17, 15) is 0 Å². The van der Waals surface area contributed by atoms with Gasteiger partial charge in [0.05, 0.1) is 0 Å². The second-order valence-electron chi connectivity index (χ2n) is 3.97. The highest BCUT2D eigenvalue weighted by atomic mass is 14.7. The molecule has 0 atom stereocenters. The summed E-state index contributed by atoms with van der Waals surface area (Å²) in [6.45, 7) is 4.03. The molecular weight excluding hydrogens is 160 g/mol. The van der Waals surface area contributed by atoms with Gasteiger partial charge in [0.2, 0.25) is 0 Å². The largest absolute Gasteiger partial charge is 0.361 e. The number of hydrogen-bond donors (Lipinski definition) is 2. The Kier molecular flexibility index (Phi) is 1.67. The van der Waals surface area contributed by atoms with Crippen molar-refractivity contribution in [2.45, 2.75) is 19.4 Å². The molecule has 2 aromatic rings. The Hall–Kier alpha value is -1.28. The molecule has 13 heavy (non-hydrogen) atoms. The average Bonchev–Trinajstić information content (AvgIpc) is 2.45. The fourth-order valence-corrected chi connectivity index (χ4v) is 1.60. The molecule has 1 aromatic carbocycles. The number of rotatable bonds is 1. The molecule has 0 spiro atoms. The highest BCUT2D eigenvalue weighted by Crippen LogP contribution is 2.25. The first kappa shape index (κ1) is 8.32. The minimum Gasteiger partial charge on any atom is -0.361 e. The third kappa shape index (κ3) is 1.33. The number of nitrogens with two attached hydrogens (primary N) is 1. The molecule has 0 saturated heterocycles. The van der Waals surface area contributed by atoms with Crippen LogP contribution in [-0.4, -0.2) is 4.98 Å². The number of nitrogens with one attached hydrogen (secondary N) is 1. The Bertz CT molecular complexity index is 421. The van der Waals surface area contributed by atoms with Gasteiger partial charge in [0, 0.05) is 22.6 Å². The van der Waals surface area contributed by atoms with E-state index in [0.29, 0.717) is 0 Å². The molecular formula is C11H14N2. The first-order valence-corrected chi connectivity index (χ1v) is 4.44. The highest BCUT2D eigenvalue weighted by molar-refractivity contribution is 5.83. The van der Waals surface area contributed by atoms with Gasteiger partial charge in [-0.1, -0.05) is 18.2 Å². The molecule has 1 heterocycles. The molecule has 0 radical (unpaired) electrons. The monoisotopic (exact) mass is 174 g/mol. The maximum Gasteiger partial charge on any atom is 0.0457 e. The van der Waals surface area contributed by atoms with Gasteiger partial charge in [0.15, 0.2) is 0 Å². The van der Waals surface area contributed by atoms with E-state index in [-0.39, 0.29) is 5.54 Å². The van der Waals surface area contributed by atoms with Crippen molar-refractivity contribution in [3.05, 3.63) is 36.0 Å². The third-order valence-electron chi connectivity index (χ3n) is 2.28. The van der Waals surface area contributed by atoms with Crippen molar-refractivity contribution in [2.24, 2.45) is 5.73 Å². The lowest BCUT2D eigenvalue weighted by atomic mass is 9.95. The Morgan fingerprint density at radius 1 is 1.23 bits per heavy atom. The highest BCUT2D eigenvalue weighted by Gasteiger charge is 2.17. The minimum absolute atomic E-state index is 0.278. The van der Waals surface area contributed by atoms with Crippen LogP contribution in [0.1, 0.15) is 19.4 Å². The Balaban J connectivity index is 2.72. The van der Waals surface area contributed by atoms with Gasteiger partial charge in [0.1, 0.15) is 0 Å². The number of H-pyrrole nitrogens is 1. The number of benzene rings is 1.